The third kappa shape index (κ3) is 7.45. The molecular formula is C24H34N4O4S. The molecule has 1 aliphatic rings. The van der Waals surface area contributed by atoms with E-state index in [1.807, 2.05) is 6.07 Å². The van der Waals surface area contributed by atoms with Crippen LogP contribution in [0.3, 0.4) is 0 Å². The number of amides is 1. The van der Waals surface area contributed by atoms with Gasteiger partial charge in [0.1, 0.15) is 10.6 Å². The van der Waals surface area contributed by atoms with Crippen molar-refractivity contribution in [1.82, 2.24) is 10.2 Å². The van der Waals surface area contributed by atoms with Crippen LogP contribution in [0.2, 0.25) is 0 Å². The molecule has 2 aromatic carbocycles. The number of likely N-dealkylation sites (tertiary alicyclic amines) is 1. The highest BCUT2D eigenvalue weighted by Crippen LogP contribution is 2.37. The normalized spacial score (nSPS) is 14.6. The Labute approximate surface area is 196 Å². The maximum absolute atomic E-state index is 12.9. The number of primary sulfonamides is 1. The first-order chi connectivity index (χ1) is 15.9. The number of ether oxygens (including phenoxy) is 1. The molecule has 33 heavy (non-hydrogen) atoms. The molecule has 3 rings (SSSR count). The van der Waals surface area contributed by atoms with E-state index < -0.39 is 10.0 Å². The van der Waals surface area contributed by atoms with Crippen LogP contribution in [0.5, 0.6) is 11.5 Å². The Morgan fingerprint density at radius 3 is 2.48 bits per heavy atom. The average Bonchev–Trinajstić information content (AvgIpc) is 2.80. The van der Waals surface area contributed by atoms with Crippen LogP contribution >= 0.6 is 0 Å². The molecule has 1 aliphatic heterocycles. The standard InChI is InChI=1S/C24H34N4O4S/c1-2-3-12-26-21-17-19(24(29)27-13-16-28-14-8-5-9-15-28)18-22(33(25,30)31)23(21)32-20-10-6-4-7-11-20/h4,6-7,10-11,17-18,26H,2-3,5,8-9,12-16H2,1H3,(H,27,29)(H2,25,30,31). The van der Waals surface area contributed by atoms with Crippen molar-refractivity contribution in [1.29, 1.82) is 0 Å². The summed E-state index contributed by atoms with van der Waals surface area (Å²) in [6.45, 7) is 6.01. The minimum Gasteiger partial charge on any atom is -0.454 e. The second-order valence-corrected chi connectivity index (χ2v) is 9.78. The number of benzene rings is 2. The van der Waals surface area contributed by atoms with Gasteiger partial charge in [0.05, 0.1) is 5.69 Å². The van der Waals surface area contributed by atoms with Gasteiger partial charge in [-0.05, 0) is 56.6 Å². The van der Waals surface area contributed by atoms with Crippen LogP contribution in [0.15, 0.2) is 47.4 Å². The first kappa shape index (κ1) is 25.0. The first-order valence-corrected chi connectivity index (χ1v) is 13.1. The zero-order chi connectivity index (χ0) is 23.7. The Kier molecular flexibility index (Phi) is 9.11. The fraction of sp³-hybridized carbons (Fsp3) is 0.458. The first-order valence-electron chi connectivity index (χ1n) is 11.6. The van der Waals surface area contributed by atoms with E-state index in [4.69, 9.17) is 9.88 Å². The molecule has 0 aliphatic carbocycles. The number of carbonyl (C=O) groups excluding carboxylic acids is 1. The number of rotatable bonds is 11. The van der Waals surface area contributed by atoms with Gasteiger partial charge in [-0.3, -0.25) is 4.79 Å². The zero-order valence-electron chi connectivity index (χ0n) is 19.2. The average molecular weight is 475 g/mol. The van der Waals surface area contributed by atoms with Crippen molar-refractivity contribution in [3.63, 3.8) is 0 Å². The number of nitrogens with zero attached hydrogens (tertiary/aromatic N) is 1. The predicted octanol–water partition coefficient (Wildman–Crippen LogP) is 3.55. The third-order valence-corrected chi connectivity index (χ3v) is 6.51. The van der Waals surface area contributed by atoms with Crippen molar-refractivity contribution in [3.05, 3.63) is 48.0 Å². The molecule has 0 atom stereocenters. The lowest BCUT2D eigenvalue weighted by Gasteiger charge is -2.26. The van der Waals surface area contributed by atoms with Crippen molar-refractivity contribution in [2.75, 3.05) is 38.0 Å². The molecule has 0 spiro atoms. The number of carbonyl (C=O) groups is 1. The van der Waals surface area contributed by atoms with Crippen LogP contribution in [-0.2, 0) is 10.0 Å². The van der Waals surface area contributed by atoms with Crippen molar-refractivity contribution >= 4 is 21.6 Å². The van der Waals surface area contributed by atoms with E-state index in [1.54, 1.807) is 30.3 Å². The Morgan fingerprint density at radius 2 is 1.82 bits per heavy atom. The number of anilines is 1. The molecule has 180 valence electrons. The number of nitrogens with one attached hydrogen (secondary N) is 2. The van der Waals surface area contributed by atoms with E-state index in [-0.39, 0.29) is 22.1 Å². The predicted molar refractivity (Wildman–Crippen MR) is 130 cm³/mol. The number of unbranched alkanes of at least 4 members (excludes halogenated alkanes) is 1. The van der Waals surface area contributed by atoms with Crippen LogP contribution in [0.4, 0.5) is 5.69 Å². The van der Waals surface area contributed by atoms with Gasteiger partial charge in [0, 0.05) is 25.2 Å². The maximum Gasteiger partial charge on any atom is 0.251 e. The molecule has 9 heteroatoms. The van der Waals surface area contributed by atoms with Gasteiger partial charge in [0.2, 0.25) is 10.0 Å². The fourth-order valence-electron chi connectivity index (χ4n) is 3.80. The van der Waals surface area contributed by atoms with E-state index in [2.05, 4.69) is 22.5 Å². The van der Waals surface area contributed by atoms with Gasteiger partial charge in [-0.25, -0.2) is 13.6 Å². The van der Waals surface area contributed by atoms with E-state index in [1.165, 1.54) is 25.3 Å². The highest BCUT2D eigenvalue weighted by atomic mass is 32.2. The smallest absolute Gasteiger partial charge is 0.251 e. The van der Waals surface area contributed by atoms with Crippen LogP contribution in [0, 0.1) is 0 Å². The van der Waals surface area contributed by atoms with Gasteiger partial charge in [-0.2, -0.15) is 0 Å². The number of sulfonamides is 1. The van der Waals surface area contributed by atoms with E-state index in [9.17, 15) is 13.2 Å². The van der Waals surface area contributed by atoms with Crippen LogP contribution in [0.25, 0.3) is 0 Å². The maximum atomic E-state index is 12.9. The molecule has 1 amide bonds. The number of nitrogens with two attached hydrogens (primary N) is 1. The summed E-state index contributed by atoms with van der Waals surface area (Å²) in [7, 11) is -4.15. The molecule has 0 radical (unpaired) electrons. The van der Waals surface area contributed by atoms with Crippen LogP contribution < -0.4 is 20.5 Å². The Bertz CT molecular complexity index is 1020. The molecule has 2 aromatic rings. The Hall–Kier alpha value is -2.62. The molecule has 1 fully saturated rings. The monoisotopic (exact) mass is 474 g/mol. The van der Waals surface area contributed by atoms with Gasteiger partial charge in [-0.15, -0.1) is 0 Å². The summed E-state index contributed by atoms with van der Waals surface area (Å²) in [5.41, 5.74) is 0.636. The van der Waals surface area contributed by atoms with Crippen molar-refractivity contribution in [3.8, 4) is 11.5 Å². The van der Waals surface area contributed by atoms with Crippen molar-refractivity contribution in [2.24, 2.45) is 5.14 Å². The summed E-state index contributed by atoms with van der Waals surface area (Å²) in [6, 6.07) is 11.8. The Balaban J connectivity index is 1.86. The molecule has 0 saturated carbocycles. The zero-order valence-corrected chi connectivity index (χ0v) is 20.0. The lowest BCUT2D eigenvalue weighted by Crippen LogP contribution is -2.37. The lowest BCUT2D eigenvalue weighted by molar-refractivity contribution is 0.0946. The van der Waals surface area contributed by atoms with Gasteiger partial charge in [0.15, 0.2) is 5.75 Å². The highest BCUT2D eigenvalue weighted by Gasteiger charge is 2.23. The molecule has 0 bridgehead atoms. The van der Waals surface area contributed by atoms with Gasteiger partial charge < -0.3 is 20.3 Å². The van der Waals surface area contributed by atoms with Gasteiger partial charge >= 0.3 is 0 Å². The van der Waals surface area contributed by atoms with Gasteiger partial charge in [0.25, 0.3) is 5.91 Å². The number of para-hydroxylation sites is 1. The largest absolute Gasteiger partial charge is 0.454 e. The molecule has 4 N–H and O–H groups in total. The summed E-state index contributed by atoms with van der Waals surface area (Å²) in [6.07, 6.45) is 5.45. The quantitative estimate of drug-likeness (QED) is 0.429. The van der Waals surface area contributed by atoms with Crippen molar-refractivity contribution in [2.45, 2.75) is 43.9 Å². The van der Waals surface area contributed by atoms with Crippen LogP contribution in [0.1, 0.15) is 49.4 Å². The van der Waals surface area contributed by atoms with Crippen LogP contribution in [-0.4, -0.2) is 51.9 Å². The topological polar surface area (TPSA) is 114 Å². The second-order valence-electron chi connectivity index (χ2n) is 8.25. The minimum absolute atomic E-state index is 0.0877. The molecule has 0 unspecified atom stereocenters. The molecule has 8 nitrogen and oxygen atoms in total. The van der Waals surface area contributed by atoms with Crippen molar-refractivity contribution < 1.29 is 17.9 Å². The summed E-state index contributed by atoms with van der Waals surface area (Å²) >= 11 is 0. The fourth-order valence-corrected chi connectivity index (χ4v) is 4.50. The molecule has 1 heterocycles. The summed E-state index contributed by atoms with van der Waals surface area (Å²) in [5, 5.41) is 11.6. The van der Waals surface area contributed by atoms with E-state index in [0.717, 1.165) is 32.5 Å². The van der Waals surface area contributed by atoms with E-state index >= 15 is 0 Å². The molecule has 1 saturated heterocycles. The summed E-state index contributed by atoms with van der Waals surface area (Å²) in [4.78, 5) is 15.0. The third-order valence-electron chi connectivity index (χ3n) is 5.59. The van der Waals surface area contributed by atoms with E-state index in [0.29, 0.717) is 24.5 Å². The molecular weight excluding hydrogens is 440 g/mol. The summed E-state index contributed by atoms with van der Waals surface area (Å²) < 4.78 is 30.8. The highest BCUT2D eigenvalue weighted by molar-refractivity contribution is 7.89. The van der Waals surface area contributed by atoms with Gasteiger partial charge in [-0.1, -0.05) is 38.0 Å². The number of hydrogen-bond acceptors (Lipinski definition) is 6. The molecule has 0 aromatic heterocycles. The second kappa shape index (κ2) is 12.0. The minimum atomic E-state index is -4.15. The number of hydrogen-bond donors (Lipinski definition) is 3. The number of piperidine rings is 1. The SMILES string of the molecule is CCCCNc1cc(C(=O)NCCN2CCCCC2)cc(S(N)(=O)=O)c1Oc1ccccc1. The summed E-state index contributed by atoms with van der Waals surface area (Å²) in [5.74, 6) is 0.214. The lowest BCUT2D eigenvalue weighted by atomic mass is 10.1. The Morgan fingerprint density at radius 1 is 1.09 bits per heavy atom.